The van der Waals surface area contributed by atoms with Crippen LogP contribution in [0.4, 0.5) is 5.69 Å². The lowest BCUT2D eigenvalue weighted by molar-refractivity contribution is -0.120. The molecule has 0 unspecified atom stereocenters. The third-order valence-electron chi connectivity index (χ3n) is 2.89. The number of hydrogen-bond donors (Lipinski definition) is 0. The number of anilines is 1. The number of rotatable bonds is 7. The first kappa shape index (κ1) is 13.8. The summed E-state index contributed by atoms with van der Waals surface area (Å²) in [6.45, 7) is 7.59. The molecule has 1 aromatic rings. The van der Waals surface area contributed by atoms with Gasteiger partial charge in [0.25, 0.3) is 0 Å². The van der Waals surface area contributed by atoms with Crippen LogP contribution in [0.25, 0.3) is 0 Å². The fourth-order valence-corrected chi connectivity index (χ4v) is 1.66. The molecule has 0 atom stereocenters. The minimum absolute atomic E-state index is 0.114. The lowest BCUT2D eigenvalue weighted by Gasteiger charge is -2.24. The Bertz CT molecular complexity index is 332. The van der Waals surface area contributed by atoms with E-state index in [9.17, 15) is 4.79 Å². The summed E-state index contributed by atoms with van der Waals surface area (Å²) >= 11 is 0. The largest absolute Gasteiger partial charge is 0.364 e. The molecule has 0 radical (unpaired) electrons. The second-order valence-corrected chi connectivity index (χ2v) is 4.73. The van der Waals surface area contributed by atoms with Gasteiger partial charge >= 0.3 is 0 Å². The van der Waals surface area contributed by atoms with Crippen LogP contribution in [-0.2, 0) is 4.79 Å². The van der Waals surface area contributed by atoms with Crippen molar-refractivity contribution in [1.29, 1.82) is 0 Å². The van der Waals surface area contributed by atoms with Gasteiger partial charge in [-0.05, 0) is 18.6 Å². The number of benzene rings is 1. The van der Waals surface area contributed by atoms with Crippen LogP contribution in [0, 0.1) is 5.92 Å². The number of nitrogens with zero attached hydrogens (tertiary/aromatic N) is 1. The highest BCUT2D eigenvalue weighted by Crippen LogP contribution is 2.14. The van der Waals surface area contributed by atoms with Crippen molar-refractivity contribution in [2.24, 2.45) is 5.92 Å². The summed E-state index contributed by atoms with van der Waals surface area (Å²) in [5.74, 6) is 0.424. The lowest BCUT2D eigenvalue weighted by Crippen LogP contribution is -2.32. The van der Waals surface area contributed by atoms with Crippen LogP contribution in [0.15, 0.2) is 30.3 Å². The van der Waals surface area contributed by atoms with Gasteiger partial charge in [-0.25, -0.2) is 0 Å². The fraction of sp³-hybridized carbons (Fsp3) is 0.533. The highest BCUT2D eigenvalue weighted by Gasteiger charge is 2.13. The predicted molar refractivity (Wildman–Crippen MR) is 73.4 cm³/mol. The zero-order valence-electron chi connectivity index (χ0n) is 11.1. The van der Waals surface area contributed by atoms with E-state index in [1.165, 1.54) is 0 Å². The summed E-state index contributed by atoms with van der Waals surface area (Å²) in [7, 11) is 0. The Morgan fingerprint density at radius 2 is 1.88 bits per heavy atom. The first-order valence-corrected chi connectivity index (χ1v) is 6.47. The quantitative estimate of drug-likeness (QED) is 0.718. The number of Topliss-reactive ketones (excluding diaryl/α,β-unsaturated/α-hetero) is 1. The number of para-hydroxylation sites is 1. The van der Waals surface area contributed by atoms with Crippen LogP contribution in [-0.4, -0.2) is 18.9 Å². The maximum atomic E-state index is 11.8. The van der Waals surface area contributed by atoms with E-state index in [0.717, 1.165) is 25.1 Å². The molecule has 0 aromatic heterocycles. The molecule has 0 spiro atoms. The van der Waals surface area contributed by atoms with Crippen LogP contribution in [0.1, 0.15) is 33.6 Å². The summed E-state index contributed by atoms with van der Waals surface area (Å²) < 4.78 is 0. The van der Waals surface area contributed by atoms with E-state index in [1.807, 2.05) is 32.0 Å². The van der Waals surface area contributed by atoms with Gasteiger partial charge in [0.05, 0.1) is 6.54 Å². The standard InChI is InChI=1S/C15H23NO/c1-4-5-11-16(12-15(17)13(2)3)14-9-7-6-8-10-14/h6-10,13H,4-5,11-12H2,1-3H3. The van der Waals surface area contributed by atoms with Gasteiger partial charge in [-0.3, -0.25) is 4.79 Å². The highest BCUT2D eigenvalue weighted by atomic mass is 16.1. The van der Waals surface area contributed by atoms with Gasteiger partial charge in [0.2, 0.25) is 0 Å². The molecule has 0 saturated carbocycles. The van der Waals surface area contributed by atoms with Gasteiger partial charge in [-0.1, -0.05) is 45.4 Å². The molecule has 0 fully saturated rings. The number of carbonyl (C=O) groups excluding carboxylic acids is 1. The van der Waals surface area contributed by atoms with Crippen LogP contribution in [0.5, 0.6) is 0 Å². The Kier molecular flexibility index (Phi) is 5.75. The monoisotopic (exact) mass is 233 g/mol. The van der Waals surface area contributed by atoms with Crippen LogP contribution in [0.3, 0.4) is 0 Å². The van der Waals surface area contributed by atoms with Crippen molar-refractivity contribution in [1.82, 2.24) is 0 Å². The molecule has 0 bridgehead atoms. The van der Waals surface area contributed by atoms with Crippen molar-refractivity contribution in [3.63, 3.8) is 0 Å². The third-order valence-corrected chi connectivity index (χ3v) is 2.89. The average molecular weight is 233 g/mol. The Hall–Kier alpha value is -1.31. The molecule has 0 aliphatic heterocycles. The number of unbranched alkanes of at least 4 members (excludes halogenated alkanes) is 1. The molecule has 94 valence electrons. The first-order valence-electron chi connectivity index (χ1n) is 6.47. The van der Waals surface area contributed by atoms with E-state index in [0.29, 0.717) is 12.3 Å². The van der Waals surface area contributed by atoms with E-state index < -0.39 is 0 Å². The molecule has 2 nitrogen and oxygen atoms in total. The summed E-state index contributed by atoms with van der Waals surface area (Å²) in [5, 5.41) is 0. The summed E-state index contributed by atoms with van der Waals surface area (Å²) in [5.41, 5.74) is 1.15. The van der Waals surface area contributed by atoms with Crippen molar-refractivity contribution < 1.29 is 4.79 Å². The van der Waals surface area contributed by atoms with E-state index >= 15 is 0 Å². The molecule has 1 rings (SSSR count). The zero-order chi connectivity index (χ0) is 12.7. The Morgan fingerprint density at radius 1 is 1.24 bits per heavy atom. The van der Waals surface area contributed by atoms with E-state index in [2.05, 4.69) is 24.0 Å². The van der Waals surface area contributed by atoms with Gasteiger partial charge in [0.1, 0.15) is 0 Å². The van der Waals surface area contributed by atoms with Gasteiger partial charge in [0.15, 0.2) is 5.78 Å². The number of hydrogen-bond acceptors (Lipinski definition) is 2. The van der Waals surface area contributed by atoms with Gasteiger partial charge in [-0.2, -0.15) is 0 Å². The minimum Gasteiger partial charge on any atom is -0.364 e. The van der Waals surface area contributed by atoms with E-state index in [-0.39, 0.29) is 5.92 Å². The topological polar surface area (TPSA) is 20.3 Å². The molecule has 0 saturated heterocycles. The van der Waals surface area contributed by atoms with Crippen molar-refractivity contribution in [2.75, 3.05) is 18.0 Å². The summed E-state index contributed by atoms with van der Waals surface area (Å²) in [6, 6.07) is 10.2. The minimum atomic E-state index is 0.114. The van der Waals surface area contributed by atoms with Gasteiger partial charge in [0, 0.05) is 18.2 Å². The van der Waals surface area contributed by atoms with Crippen molar-refractivity contribution in [3.05, 3.63) is 30.3 Å². The molecular formula is C15H23NO. The van der Waals surface area contributed by atoms with Gasteiger partial charge in [-0.15, -0.1) is 0 Å². The molecular weight excluding hydrogens is 210 g/mol. The van der Waals surface area contributed by atoms with Crippen molar-refractivity contribution in [2.45, 2.75) is 33.6 Å². The first-order chi connectivity index (χ1) is 8.15. The van der Waals surface area contributed by atoms with Crippen LogP contribution in [0.2, 0.25) is 0 Å². The van der Waals surface area contributed by atoms with Crippen molar-refractivity contribution >= 4 is 11.5 Å². The van der Waals surface area contributed by atoms with E-state index in [1.54, 1.807) is 0 Å². The Morgan fingerprint density at radius 3 is 2.41 bits per heavy atom. The van der Waals surface area contributed by atoms with E-state index in [4.69, 9.17) is 0 Å². The zero-order valence-corrected chi connectivity index (χ0v) is 11.1. The molecule has 0 aliphatic rings. The SMILES string of the molecule is CCCCN(CC(=O)C(C)C)c1ccccc1. The Labute approximate surface area is 105 Å². The third kappa shape index (κ3) is 4.59. The highest BCUT2D eigenvalue weighted by molar-refractivity contribution is 5.85. The predicted octanol–water partition coefficient (Wildman–Crippen LogP) is 3.52. The molecule has 0 N–H and O–H groups in total. The summed E-state index contributed by atoms with van der Waals surface area (Å²) in [6.07, 6.45) is 2.28. The smallest absolute Gasteiger partial charge is 0.154 e. The van der Waals surface area contributed by atoms with Gasteiger partial charge < -0.3 is 4.90 Å². The lowest BCUT2D eigenvalue weighted by atomic mass is 10.1. The molecule has 17 heavy (non-hydrogen) atoms. The molecule has 1 aromatic carbocycles. The normalized spacial score (nSPS) is 10.6. The molecule has 2 heteroatoms. The second kappa shape index (κ2) is 7.10. The maximum Gasteiger partial charge on any atom is 0.154 e. The molecule has 0 aliphatic carbocycles. The molecule has 0 heterocycles. The van der Waals surface area contributed by atoms with Crippen LogP contribution < -0.4 is 4.90 Å². The fourth-order valence-electron chi connectivity index (χ4n) is 1.66. The van der Waals surface area contributed by atoms with Crippen molar-refractivity contribution in [3.8, 4) is 0 Å². The average Bonchev–Trinajstić information content (AvgIpc) is 2.35. The maximum absolute atomic E-state index is 11.8. The van der Waals surface area contributed by atoms with Crippen LogP contribution >= 0.6 is 0 Å². The number of carbonyl (C=O) groups is 1. The number of ketones is 1. The molecule has 0 amide bonds. The summed E-state index contributed by atoms with van der Waals surface area (Å²) in [4.78, 5) is 14.0. The Balaban J connectivity index is 2.70. The second-order valence-electron chi connectivity index (χ2n) is 4.73.